The highest BCUT2D eigenvalue weighted by Crippen LogP contribution is 2.35. The van der Waals surface area contributed by atoms with Gasteiger partial charge in [0.15, 0.2) is 0 Å². The van der Waals surface area contributed by atoms with E-state index >= 15 is 0 Å². The van der Waals surface area contributed by atoms with E-state index < -0.39 is 42.5 Å². The smallest absolute Gasteiger partial charge is 0.395 e. The van der Waals surface area contributed by atoms with E-state index in [1.165, 1.54) is 0 Å². The molecule has 1 heterocycles. The number of nitrogens with zero attached hydrogens (tertiary/aromatic N) is 3. The number of alkyl halides is 3. The molecule has 0 radical (unpaired) electrons. The van der Waals surface area contributed by atoms with Crippen molar-refractivity contribution in [3.63, 3.8) is 0 Å². The number of nitro groups is 1. The lowest BCUT2D eigenvalue weighted by atomic mass is 10.2. The minimum absolute atomic E-state index is 0.330. The molecule has 0 amide bonds. The third-order valence-corrected chi connectivity index (χ3v) is 2.88. The SMILES string of the molecule is N#Cc1cc(S(=O)(=O)Cl)nc([N+](=O)[O-])c1OC(F)(F)F. The van der Waals surface area contributed by atoms with E-state index in [1.54, 1.807) is 0 Å². The van der Waals surface area contributed by atoms with Crippen LogP contribution < -0.4 is 4.74 Å². The molecule has 20 heavy (non-hydrogen) atoms. The summed E-state index contributed by atoms with van der Waals surface area (Å²) in [5.41, 5.74) is -1.05. The quantitative estimate of drug-likeness (QED) is 0.469. The van der Waals surface area contributed by atoms with Crippen molar-refractivity contribution >= 4 is 25.6 Å². The van der Waals surface area contributed by atoms with Crippen LogP contribution in [-0.2, 0) is 9.05 Å². The molecular weight excluding hydrogens is 331 g/mol. The minimum atomic E-state index is -5.33. The summed E-state index contributed by atoms with van der Waals surface area (Å²) in [6.07, 6.45) is -5.33. The average Bonchev–Trinajstić information content (AvgIpc) is 2.25. The molecule has 1 aromatic rings. The van der Waals surface area contributed by atoms with Crippen molar-refractivity contribution in [2.24, 2.45) is 0 Å². The normalized spacial score (nSPS) is 11.8. The number of hydrogen-bond donors (Lipinski definition) is 0. The van der Waals surface area contributed by atoms with Crippen molar-refractivity contribution < 1.29 is 31.2 Å². The Morgan fingerprint density at radius 1 is 1.50 bits per heavy atom. The van der Waals surface area contributed by atoms with Gasteiger partial charge in [0, 0.05) is 16.7 Å². The van der Waals surface area contributed by atoms with Crippen molar-refractivity contribution in [3.05, 3.63) is 21.7 Å². The highest BCUT2D eigenvalue weighted by atomic mass is 35.7. The second kappa shape index (κ2) is 5.10. The van der Waals surface area contributed by atoms with Gasteiger partial charge in [0.05, 0.1) is 0 Å². The van der Waals surface area contributed by atoms with Crippen molar-refractivity contribution in [1.82, 2.24) is 4.98 Å². The number of hydrogen-bond acceptors (Lipinski definition) is 7. The van der Waals surface area contributed by atoms with Gasteiger partial charge in [-0.3, -0.25) is 0 Å². The van der Waals surface area contributed by atoms with Crippen molar-refractivity contribution in [2.75, 3.05) is 0 Å². The van der Waals surface area contributed by atoms with Crippen LogP contribution in [0.15, 0.2) is 11.1 Å². The van der Waals surface area contributed by atoms with Crippen LogP contribution in [0, 0.1) is 21.4 Å². The van der Waals surface area contributed by atoms with Gasteiger partial charge < -0.3 is 14.9 Å². The lowest BCUT2D eigenvalue weighted by molar-refractivity contribution is -0.393. The Morgan fingerprint density at radius 2 is 2.05 bits per heavy atom. The predicted octanol–water partition coefficient (Wildman–Crippen LogP) is 1.69. The number of halogens is 4. The predicted molar refractivity (Wildman–Crippen MR) is 55.3 cm³/mol. The lowest BCUT2D eigenvalue weighted by Gasteiger charge is -2.09. The van der Waals surface area contributed by atoms with Crippen LogP contribution in [-0.4, -0.2) is 24.7 Å². The Hall–Kier alpha value is -2.13. The van der Waals surface area contributed by atoms with E-state index in [0.717, 1.165) is 6.07 Å². The van der Waals surface area contributed by atoms with Crippen molar-refractivity contribution in [3.8, 4) is 11.8 Å². The number of pyridine rings is 1. The van der Waals surface area contributed by atoms with E-state index in [-0.39, 0.29) is 0 Å². The van der Waals surface area contributed by atoms with Crippen molar-refractivity contribution in [1.29, 1.82) is 5.26 Å². The van der Waals surface area contributed by atoms with E-state index in [4.69, 9.17) is 15.9 Å². The summed E-state index contributed by atoms with van der Waals surface area (Å²) in [5, 5.41) is 18.1. The van der Waals surface area contributed by atoms with Crippen LogP contribution in [0.4, 0.5) is 19.0 Å². The maximum absolute atomic E-state index is 12.1. The number of ether oxygens (including phenoxy) is 1. The fraction of sp³-hybridized carbons (Fsp3) is 0.143. The molecule has 1 rings (SSSR count). The van der Waals surface area contributed by atoms with Crippen LogP contribution in [0.1, 0.15) is 5.56 Å². The molecule has 0 unspecified atom stereocenters. The van der Waals surface area contributed by atoms with Gasteiger partial charge in [-0.15, -0.1) is 13.2 Å². The molecule has 0 fully saturated rings. The molecule has 0 atom stereocenters. The fourth-order valence-corrected chi connectivity index (χ4v) is 1.74. The molecule has 13 heteroatoms. The molecule has 0 aliphatic carbocycles. The summed E-state index contributed by atoms with van der Waals surface area (Å²) in [5.74, 6) is -3.12. The molecule has 0 saturated carbocycles. The average molecular weight is 332 g/mol. The highest BCUT2D eigenvalue weighted by molar-refractivity contribution is 8.13. The Kier molecular flexibility index (Phi) is 4.06. The van der Waals surface area contributed by atoms with E-state index in [2.05, 4.69) is 9.72 Å². The van der Waals surface area contributed by atoms with Gasteiger partial charge in [-0.25, -0.2) is 8.42 Å². The molecule has 1 aromatic heterocycles. The molecule has 0 aromatic carbocycles. The number of rotatable bonds is 3. The Balaban J connectivity index is 3.67. The first-order valence-corrected chi connectivity index (χ1v) is 6.56. The zero-order valence-electron chi connectivity index (χ0n) is 8.88. The van der Waals surface area contributed by atoms with Gasteiger partial charge >= 0.3 is 21.2 Å². The van der Waals surface area contributed by atoms with E-state index in [9.17, 15) is 31.7 Å². The third kappa shape index (κ3) is 3.68. The molecule has 0 bridgehead atoms. The first-order chi connectivity index (χ1) is 8.95. The molecule has 0 spiro atoms. The summed E-state index contributed by atoms with van der Waals surface area (Å²) in [7, 11) is 0.281. The van der Waals surface area contributed by atoms with Gasteiger partial charge in [0.25, 0.3) is 5.03 Å². The monoisotopic (exact) mass is 331 g/mol. The lowest BCUT2D eigenvalue weighted by Crippen LogP contribution is -2.19. The zero-order valence-corrected chi connectivity index (χ0v) is 10.5. The summed E-state index contributed by atoms with van der Waals surface area (Å²) in [4.78, 5) is 12.0. The summed E-state index contributed by atoms with van der Waals surface area (Å²) in [6, 6.07) is 1.46. The van der Waals surface area contributed by atoms with E-state index in [1.807, 2.05) is 0 Å². The van der Waals surface area contributed by atoms with Crippen LogP contribution in [0.3, 0.4) is 0 Å². The standard InChI is InChI=1S/C7HClF3N3O5S/c8-20(17,18)4-1-3(2-12)5(19-7(9,10)11)6(13-4)14(15)16/h1H. The summed E-state index contributed by atoms with van der Waals surface area (Å²) < 4.78 is 61.6. The summed E-state index contributed by atoms with van der Waals surface area (Å²) >= 11 is 0. The topological polar surface area (TPSA) is 123 Å². The number of nitriles is 1. The minimum Gasteiger partial charge on any atom is -0.395 e. The van der Waals surface area contributed by atoms with Gasteiger partial charge in [0.2, 0.25) is 5.75 Å². The molecule has 0 aliphatic heterocycles. The zero-order chi connectivity index (χ0) is 15.7. The Labute approximate surface area is 112 Å². The molecule has 0 N–H and O–H groups in total. The van der Waals surface area contributed by atoms with Gasteiger partial charge in [-0.05, 0) is 9.91 Å². The van der Waals surface area contributed by atoms with Gasteiger partial charge in [-0.1, -0.05) is 0 Å². The van der Waals surface area contributed by atoms with E-state index in [0.29, 0.717) is 6.07 Å². The van der Waals surface area contributed by atoms with Crippen LogP contribution in [0.2, 0.25) is 0 Å². The summed E-state index contributed by atoms with van der Waals surface area (Å²) in [6.45, 7) is 0. The van der Waals surface area contributed by atoms with Crippen LogP contribution >= 0.6 is 10.7 Å². The third-order valence-electron chi connectivity index (χ3n) is 1.69. The largest absolute Gasteiger partial charge is 0.573 e. The number of aromatic nitrogens is 1. The Bertz CT molecular complexity index is 712. The highest BCUT2D eigenvalue weighted by Gasteiger charge is 2.38. The fourth-order valence-electron chi connectivity index (χ4n) is 1.04. The molecule has 0 saturated heterocycles. The second-order valence-corrected chi connectivity index (χ2v) is 5.53. The molecule has 0 aliphatic rings. The maximum Gasteiger partial charge on any atom is 0.573 e. The maximum atomic E-state index is 12.1. The second-order valence-electron chi connectivity index (χ2n) is 3.02. The first-order valence-electron chi connectivity index (χ1n) is 4.25. The van der Waals surface area contributed by atoms with Crippen molar-refractivity contribution in [2.45, 2.75) is 11.4 Å². The van der Waals surface area contributed by atoms with Crippen LogP contribution in [0.5, 0.6) is 5.75 Å². The van der Waals surface area contributed by atoms with Gasteiger partial charge in [-0.2, -0.15) is 5.26 Å². The molecule has 8 nitrogen and oxygen atoms in total. The molecule has 108 valence electrons. The van der Waals surface area contributed by atoms with Gasteiger partial charge in [0.1, 0.15) is 11.6 Å². The first kappa shape index (κ1) is 15.9. The Morgan fingerprint density at radius 3 is 2.40 bits per heavy atom. The van der Waals surface area contributed by atoms with Crippen LogP contribution in [0.25, 0.3) is 0 Å². The molecular formula is C7HClF3N3O5S.